The van der Waals surface area contributed by atoms with Crippen LogP contribution in [0.5, 0.6) is 0 Å². The van der Waals surface area contributed by atoms with E-state index in [9.17, 15) is 9.90 Å². The molecule has 0 saturated heterocycles. The van der Waals surface area contributed by atoms with Gasteiger partial charge in [-0.25, -0.2) is 0 Å². The van der Waals surface area contributed by atoms with Crippen LogP contribution in [0.25, 0.3) is 0 Å². The van der Waals surface area contributed by atoms with Crippen LogP contribution in [0.15, 0.2) is 0 Å². The van der Waals surface area contributed by atoms with Crippen LogP contribution in [0.3, 0.4) is 0 Å². The first-order valence-electron chi connectivity index (χ1n) is 6.23. The molecule has 0 spiro atoms. The zero-order valence-corrected chi connectivity index (χ0v) is 10.4. The minimum Gasteiger partial charge on any atom is -0.394 e. The number of nitrogens with one attached hydrogen (secondary N) is 2. The lowest BCUT2D eigenvalue weighted by Gasteiger charge is -2.41. The molecule has 0 aromatic carbocycles. The topological polar surface area (TPSA) is 61.4 Å². The van der Waals surface area contributed by atoms with Gasteiger partial charge in [-0.2, -0.15) is 0 Å². The predicted molar refractivity (Wildman–Crippen MR) is 64.2 cm³/mol. The summed E-state index contributed by atoms with van der Waals surface area (Å²) in [5.74, 6) is 0.0688. The first kappa shape index (κ1) is 13.5. The number of hydrogen-bond donors (Lipinski definition) is 3. The number of aliphatic hydroxyl groups excluding tert-OH is 1. The molecule has 0 bridgehead atoms. The van der Waals surface area contributed by atoms with Crippen molar-refractivity contribution in [2.75, 3.05) is 13.2 Å². The number of amides is 1. The van der Waals surface area contributed by atoms with Crippen molar-refractivity contribution in [1.29, 1.82) is 0 Å². The Bertz CT molecular complexity index is 220. The van der Waals surface area contributed by atoms with Gasteiger partial charge in [0.2, 0.25) is 5.91 Å². The first-order chi connectivity index (χ1) is 7.58. The van der Waals surface area contributed by atoms with E-state index in [1.54, 1.807) is 0 Å². The van der Waals surface area contributed by atoms with Gasteiger partial charge in [0.15, 0.2) is 0 Å². The smallest absolute Gasteiger partial charge is 0.220 e. The summed E-state index contributed by atoms with van der Waals surface area (Å²) in [7, 11) is 0. The maximum absolute atomic E-state index is 11.6. The molecule has 0 aliphatic heterocycles. The summed E-state index contributed by atoms with van der Waals surface area (Å²) in [6.07, 6.45) is 4.34. The Kier molecular flexibility index (Phi) is 5.22. The fraction of sp³-hybridized carbons (Fsp3) is 0.917. The van der Waals surface area contributed by atoms with Crippen LogP contribution in [0.2, 0.25) is 0 Å². The molecule has 0 atom stereocenters. The Morgan fingerprint density at radius 2 is 2.12 bits per heavy atom. The zero-order valence-electron chi connectivity index (χ0n) is 10.4. The molecule has 1 aliphatic carbocycles. The molecule has 4 nitrogen and oxygen atoms in total. The highest BCUT2D eigenvalue weighted by molar-refractivity contribution is 5.76. The summed E-state index contributed by atoms with van der Waals surface area (Å²) in [6.45, 7) is 5.13. The van der Waals surface area contributed by atoms with Gasteiger partial charge in [0, 0.05) is 12.5 Å². The van der Waals surface area contributed by atoms with E-state index in [0.717, 1.165) is 32.2 Å². The second kappa shape index (κ2) is 6.21. The van der Waals surface area contributed by atoms with Crippen molar-refractivity contribution in [3.63, 3.8) is 0 Å². The van der Waals surface area contributed by atoms with Crippen LogP contribution in [0.4, 0.5) is 0 Å². The maximum atomic E-state index is 11.6. The van der Waals surface area contributed by atoms with Crippen LogP contribution < -0.4 is 10.6 Å². The second-order valence-electron chi connectivity index (χ2n) is 5.05. The third-order valence-electron chi connectivity index (χ3n) is 3.15. The molecule has 16 heavy (non-hydrogen) atoms. The van der Waals surface area contributed by atoms with Gasteiger partial charge in [0.05, 0.1) is 12.1 Å². The van der Waals surface area contributed by atoms with Crippen molar-refractivity contribution in [1.82, 2.24) is 10.6 Å². The average Bonchev–Trinajstić information content (AvgIpc) is 2.18. The SMILES string of the molecule is CC(C)NCCCC(=O)NC1(CO)CCC1. The molecule has 1 fully saturated rings. The van der Waals surface area contributed by atoms with Crippen molar-refractivity contribution in [2.45, 2.75) is 57.5 Å². The second-order valence-corrected chi connectivity index (χ2v) is 5.05. The summed E-state index contributed by atoms with van der Waals surface area (Å²) in [6, 6.07) is 0.471. The van der Waals surface area contributed by atoms with Gasteiger partial charge < -0.3 is 15.7 Å². The van der Waals surface area contributed by atoms with Gasteiger partial charge in [-0.1, -0.05) is 13.8 Å². The molecule has 0 radical (unpaired) electrons. The Morgan fingerprint density at radius 3 is 2.56 bits per heavy atom. The number of aliphatic hydroxyl groups is 1. The van der Waals surface area contributed by atoms with E-state index in [4.69, 9.17) is 0 Å². The summed E-state index contributed by atoms with van der Waals surface area (Å²) < 4.78 is 0. The Hall–Kier alpha value is -0.610. The van der Waals surface area contributed by atoms with Gasteiger partial charge in [-0.3, -0.25) is 4.79 Å². The monoisotopic (exact) mass is 228 g/mol. The van der Waals surface area contributed by atoms with E-state index in [1.165, 1.54) is 0 Å². The predicted octanol–water partition coefficient (Wildman–Crippen LogP) is 0.796. The van der Waals surface area contributed by atoms with Crippen molar-refractivity contribution < 1.29 is 9.90 Å². The summed E-state index contributed by atoms with van der Waals surface area (Å²) in [4.78, 5) is 11.6. The van der Waals surface area contributed by atoms with Crippen molar-refractivity contribution >= 4 is 5.91 Å². The van der Waals surface area contributed by atoms with Gasteiger partial charge >= 0.3 is 0 Å². The maximum Gasteiger partial charge on any atom is 0.220 e. The molecular formula is C12H24N2O2. The minimum absolute atomic E-state index is 0.0688. The highest BCUT2D eigenvalue weighted by atomic mass is 16.3. The molecular weight excluding hydrogens is 204 g/mol. The van der Waals surface area contributed by atoms with Gasteiger partial charge in [0.25, 0.3) is 0 Å². The Morgan fingerprint density at radius 1 is 1.44 bits per heavy atom. The molecule has 94 valence electrons. The third-order valence-corrected chi connectivity index (χ3v) is 3.15. The highest BCUT2D eigenvalue weighted by Gasteiger charge is 2.37. The quantitative estimate of drug-likeness (QED) is 0.565. The number of carbonyl (C=O) groups is 1. The Labute approximate surface area is 97.8 Å². The fourth-order valence-corrected chi connectivity index (χ4v) is 1.92. The van der Waals surface area contributed by atoms with E-state index in [0.29, 0.717) is 12.5 Å². The molecule has 0 unspecified atom stereocenters. The van der Waals surface area contributed by atoms with E-state index in [-0.39, 0.29) is 18.1 Å². The molecule has 0 heterocycles. The van der Waals surface area contributed by atoms with Crippen molar-refractivity contribution in [3.05, 3.63) is 0 Å². The molecule has 1 amide bonds. The lowest BCUT2D eigenvalue weighted by atomic mass is 9.77. The number of hydrogen-bond acceptors (Lipinski definition) is 3. The minimum atomic E-state index is -0.289. The van der Waals surface area contributed by atoms with Crippen LogP contribution in [0.1, 0.15) is 46.0 Å². The van der Waals surface area contributed by atoms with Gasteiger partial charge in [-0.05, 0) is 32.2 Å². The standard InChI is InChI=1S/C12H24N2O2/c1-10(2)13-8-3-5-11(16)14-12(9-15)6-4-7-12/h10,13,15H,3-9H2,1-2H3,(H,14,16). The molecule has 1 rings (SSSR count). The molecule has 0 aromatic heterocycles. The average molecular weight is 228 g/mol. The van der Waals surface area contributed by atoms with Crippen molar-refractivity contribution in [2.24, 2.45) is 0 Å². The number of rotatable bonds is 7. The van der Waals surface area contributed by atoms with Gasteiger partial charge in [0.1, 0.15) is 0 Å². The van der Waals surface area contributed by atoms with Crippen molar-refractivity contribution in [3.8, 4) is 0 Å². The van der Waals surface area contributed by atoms with Crippen LogP contribution in [-0.2, 0) is 4.79 Å². The molecule has 3 N–H and O–H groups in total. The summed E-state index contributed by atoms with van der Waals surface area (Å²) in [5, 5.41) is 15.4. The highest BCUT2D eigenvalue weighted by Crippen LogP contribution is 2.31. The van der Waals surface area contributed by atoms with E-state index < -0.39 is 0 Å². The largest absolute Gasteiger partial charge is 0.394 e. The van der Waals surface area contributed by atoms with Crippen LogP contribution in [0, 0.1) is 0 Å². The zero-order chi connectivity index (χ0) is 12.0. The molecule has 4 heteroatoms. The first-order valence-corrected chi connectivity index (χ1v) is 6.23. The van der Waals surface area contributed by atoms with Crippen LogP contribution >= 0.6 is 0 Å². The molecule has 0 aromatic rings. The van der Waals surface area contributed by atoms with Crippen LogP contribution in [-0.4, -0.2) is 35.7 Å². The normalized spacial score (nSPS) is 18.2. The third kappa shape index (κ3) is 4.10. The lowest BCUT2D eigenvalue weighted by Crippen LogP contribution is -2.56. The fourth-order valence-electron chi connectivity index (χ4n) is 1.92. The summed E-state index contributed by atoms with van der Waals surface area (Å²) in [5.41, 5.74) is -0.289. The van der Waals surface area contributed by atoms with E-state index in [1.807, 2.05) is 0 Å². The summed E-state index contributed by atoms with van der Waals surface area (Å²) >= 11 is 0. The molecule has 1 aliphatic rings. The molecule has 1 saturated carbocycles. The van der Waals surface area contributed by atoms with E-state index >= 15 is 0 Å². The lowest BCUT2D eigenvalue weighted by molar-refractivity contribution is -0.125. The Balaban J connectivity index is 2.11. The van der Waals surface area contributed by atoms with E-state index in [2.05, 4.69) is 24.5 Å². The van der Waals surface area contributed by atoms with Gasteiger partial charge in [-0.15, -0.1) is 0 Å². The number of carbonyl (C=O) groups excluding carboxylic acids is 1.